The van der Waals surface area contributed by atoms with E-state index in [9.17, 15) is 4.79 Å². The van der Waals surface area contributed by atoms with Crippen molar-refractivity contribution >= 4 is 5.97 Å². The van der Waals surface area contributed by atoms with E-state index in [0.717, 1.165) is 25.7 Å². The number of esters is 1. The van der Waals surface area contributed by atoms with Gasteiger partial charge in [0.25, 0.3) is 0 Å². The minimum atomic E-state index is -0.278. The summed E-state index contributed by atoms with van der Waals surface area (Å²) >= 11 is 0. The molecule has 0 aromatic carbocycles. The molecule has 0 radical (unpaired) electrons. The lowest BCUT2D eigenvalue weighted by Gasteiger charge is -2.36. The van der Waals surface area contributed by atoms with E-state index in [-0.39, 0.29) is 11.6 Å². The number of allylic oxidation sites excluding steroid dienone is 2. The molecule has 3 atom stereocenters. The minimum Gasteiger partial charge on any atom is -0.451 e. The highest BCUT2D eigenvalue weighted by atomic mass is 16.6. The molecule has 0 aromatic heterocycles. The number of hydrogen-bond donors (Lipinski definition) is 0. The Morgan fingerprint density at radius 1 is 1.56 bits per heavy atom. The summed E-state index contributed by atoms with van der Waals surface area (Å²) < 4.78 is 5.64. The molecule has 1 saturated carbocycles. The Hall–Kier alpha value is -1.31. The predicted octanol–water partition coefficient (Wildman–Crippen LogP) is 2.77. The summed E-state index contributed by atoms with van der Waals surface area (Å²) in [6.45, 7) is 3.82. The van der Waals surface area contributed by atoms with Gasteiger partial charge in [-0.2, -0.15) is 0 Å². The molecule has 1 spiro atoms. The average Bonchev–Trinajstić information content (AvgIpc) is 2.69. The lowest BCUT2D eigenvalue weighted by Crippen LogP contribution is -2.39. The molecule has 0 amide bonds. The van der Waals surface area contributed by atoms with Crippen LogP contribution in [0.25, 0.3) is 0 Å². The molecule has 16 heavy (non-hydrogen) atoms. The second-order valence-corrected chi connectivity index (χ2v) is 4.99. The van der Waals surface area contributed by atoms with E-state index in [2.05, 4.69) is 18.7 Å². The Kier molecular flexibility index (Phi) is 2.06. The Morgan fingerprint density at radius 2 is 2.44 bits per heavy atom. The molecule has 0 saturated heterocycles. The van der Waals surface area contributed by atoms with Crippen LogP contribution in [-0.4, -0.2) is 11.6 Å². The zero-order valence-corrected chi connectivity index (χ0v) is 9.32. The van der Waals surface area contributed by atoms with Gasteiger partial charge in [-0.05, 0) is 30.8 Å². The monoisotopic (exact) mass is 216 g/mol. The predicted molar refractivity (Wildman–Crippen MR) is 61.7 cm³/mol. The van der Waals surface area contributed by atoms with Crippen LogP contribution in [0.2, 0.25) is 0 Å². The van der Waals surface area contributed by atoms with Crippen molar-refractivity contribution in [1.82, 2.24) is 0 Å². The van der Waals surface area contributed by atoms with Gasteiger partial charge in [-0.1, -0.05) is 18.2 Å². The van der Waals surface area contributed by atoms with Crippen LogP contribution in [0.3, 0.4) is 0 Å². The van der Waals surface area contributed by atoms with Crippen LogP contribution in [0, 0.1) is 11.8 Å². The second kappa shape index (κ2) is 3.34. The zero-order valence-electron chi connectivity index (χ0n) is 9.32. The van der Waals surface area contributed by atoms with Gasteiger partial charge >= 0.3 is 5.97 Å². The Labute approximate surface area is 95.7 Å². The average molecular weight is 216 g/mol. The van der Waals surface area contributed by atoms with E-state index < -0.39 is 0 Å². The molecule has 1 aliphatic heterocycles. The molecular weight excluding hydrogens is 200 g/mol. The van der Waals surface area contributed by atoms with E-state index in [4.69, 9.17) is 4.74 Å². The highest BCUT2D eigenvalue weighted by Gasteiger charge is 2.56. The van der Waals surface area contributed by atoms with Crippen LogP contribution in [0.1, 0.15) is 25.7 Å². The summed E-state index contributed by atoms with van der Waals surface area (Å²) in [7, 11) is 0. The molecule has 0 aromatic rings. The van der Waals surface area contributed by atoms with Gasteiger partial charge in [-0.25, -0.2) is 4.79 Å². The number of carbonyl (C=O) groups is 1. The van der Waals surface area contributed by atoms with Gasteiger partial charge in [0.2, 0.25) is 0 Å². The van der Waals surface area contributed by atoms with Gasteiger partial charge in [0, 0.05) is 18.4 Å². The first-order chi connectivity index (χ1) is 7.76. The fraction of sp³-hybridized carbons (Fsp3) is 0.500. The first-order valence-corrected chi connectivity index (χ1v) is 5.96. The van der Waals surface area contributed by atoms with Gasteiger partial charge in [0.15, 0.2) is 0 Å². The quantitative estimate of drug-likeness (QED) is 0.524. The van der Waals surface area contributed by atoms with Crippen molar-refractivity contribution in [1.29, 1.82) is 0 Å². The molecular formula is C14H16O2. The molecule has 1 heterocycles. The zero-order chi connectivity index (χ0) is 11.2. The van der Waals surface area contributed by atoms with Crippen LogP contribution < -0.4 is 0 Å². The molecule has 0 N–H and O–H groups in total. The maximum atomic E-state index is 11.4. The van der Waals surface area contributed by atoms with Crippen LogP contribution >= 0.6 is 0 Å². The third-order valence-electron chi connectivity index (χ3n) is 4.22. The van der Waals surface area contributed by atoms with E-state index in [1.165, 1.54) is 5.57 Å². The van der Waals surface area contributed by atoms with E-state index in [1.54, 1.807) is 6.08 Å². The first-order valence-electron chi connectivity index (χ1n) is 5.96. The fourth-order valence-electron chi connectivity index (χ4n) is 3.56. The van der Waals surface area contributed by atoms with Crippen molar-refractivity contribution in [2.45, 2.75) is 31.3 Å². The maximum absolute atomic E-state index is 11.4. The first kappa shape index (κ1) is 9.88. The fourth-order valence-corrected chi connectivity index (χ4v) is 3.56. The summed E-state index contributed by atoms with van der Waals surface area (Å²) in [5.41, 5.74) is 0.943. The van der Waals surface area contributed by atoms with Gasteiger partial charge in [0.1, 0.15) is 5.60 Å². The van der Waals surface area contributed by atoms with Crippen molar-refractivity contribution < 1.29 is 9.53 Å². The molecule has 0 bridgehead atoms. The smallest absolute Gasteiger partial charge is 0.331 e. The van der Waals surface area contributed by atoms with E-state index >= 15 is 0 Å². The summed E-state index contributed by atoms with van der Waals surface area (Å²) in [4.78, 5) is 11.4. The number of rotatable bonds is 2. The van der Waals surface area contributed by atoms with Crippen LogP contribution in [0.5, 0.6) is 0 Å². The largest absolute Gasteiger partial charge is 0.451 e. The summed E-state index contributed by atoms with van der Waals surface area (Å²) in [6, 6.07) is 0. The highest BCUT2D eigenvalue weighted by Crippen LogP contribution is 2.55. The number of carbonyl (C=O) groups excluding carboxylic acids is 1. The van der Waals surface area contributed by atoms with Crippen LogP contribution in [0.4, 0.5) is 0 Å². The Bertz CT molecular complexity index is 405. The molecule has 84 valence electrons. The van der Waals surface area contributed by atoms with Gasteiger partial charge in [0.05, 0.1) is 0 Å². The van der Waals surface area contributed by atoms with E-state index in [0.29, 0.717) is 11.8 Å². The number of ether oxygens (including phenoxy) is 1. The SMILES string of the molecule is C=CC[C@@H]1CC2=CC(=O)O[C@@]23CC=CC[C@H]13. The summed E-state index contributed by atoms with van der Waals surface area (Å²) in [5.74, 6) is 0.919. The van der Waals surface area contributed by atoms with Crippen LogP contribution in [-0.2, 0) is 9.53 Å². The molecule has 3 aliphatic rings. The highest BCUT2D eigenvalue weighted by molar-refractivity contribution is 5.87. The summed E-state index contributed by atoms with van der Waals surface area (Å²) in [5, 5.41) is 0. The third-order valence-corrected chi connectivity index (χ3v) is 4.22. The van der Waals surface area contributed by atoms with Gasteiger partial charge < -0.3 is 4.74 Å². The van der Waals surface area contributed by atoms with Crippen molar-refractivity contribution in [3.05, 3.63) is 36.5 Å². The van der Waals surface area contributed by atoms with Gasteiger partial charge in [-0.3, -0.25) is 0 Å². The molecule has 2 heteroatoms. The van der Waals surface area contributed by atoms with Gasteiger partial charge in [-0.15, -0.1) is 6.58 Å². The molecule has 1 fully saturated rings. The Balaban J connectivity index is 1.99. The molecule has 3 rings (SSSR count). The lowest BCUT2D eigenvalue weighted by atomic mass is 9.76. The second-order valence-electron chi connectivity index (χ2n) is 4.99. The number of hydrogen-bond acceptors (Lipinski definition) is 2. The van der Waals surface area contributed by atoms with E-state index in [1.807, 2.05) is 6.08 Å². The maximum Gasteiger partial charge on any atom is 0.331 e. The lowest BCUT2D eigenvalue weighted by molar-refractivity contribution is -0.150. The van der Waals surface area contributed by atoms with Crippen molar-refractivity contribution in [3.63, 3.8) is 0 Å². The molecule has 2 aliphatic carbocycles. The minimum absolute atomic E-state index is 0.146. The standard InChI is InChI=1S/C14H16O2/c1-2-5-10-8-11-9-13(15)16-14(11)7-4-3-6-12(10)14/h2-4,9-10,12H,1,5-8H2/t10-,12-,14+/m1/s1. The van der Waals surface area contributed by atoms with Crippen molar-refractivity contribution in [2.75, 3.05) is 0 Å². The molecule has 2 nitrogen and oxygen atoms in total. The van der Waals surface area contributed by atoms with Crippen molar-refractivity contribution in [3.8, 4) is 0 Å². The van der Waals surface area contributed by atoms with Crippen LogP contribution in [0.15, 0.2) is 36.5 Å². The summed E-state index contributed by atoms with van der Waals surface area (Å²) in [6.07, 6.45) is 12.0. The topological polar surface area (TPSA) is 26.3 Å². The normalized spacial score (nSPS) is 40.0. The Morgan fingerprint density at radius 3 is 3.25 bits per heavy atom. The third kappa shape index (κ3) is 1.16. The van der Waals surface area contributed by atoms with Crippen molar-refractivity contribution in [2.24, 2.45) is 11.8 Å². The molecule has 0 unspecified atom stereocenters.